The van der Waals surface area contributed by atoms with E-state index in [1.165, 1.54) is 11.3 Å². The number of nitrogens with zero attached hydrogens (tertiary/aromatic N) is 3. The van der Waals surface area contributed by atoms with Crippen molar-refractivity contribution in [2.75, 3.05) is 0 Å². The van der Waals surface area contributed by atoms with Gasteiger partial charge >= 0.3 is 0 Å². The molecule has 0 atom stereocenters. The van der Waals surface area contributed by atoms with Crippen LogP contribution in [-0.4, -0.2) is 4.98 Å². The van der Waals surface area contributed by atoms with Crippen LogP contribution in [0.4, 0.5) is 0 Å². The normalized spacial score (nSPS) is 9.20. The third-order valence-electron chi connectivity index (χ3n) is 1.95. The van der Waals surface area contributed by atoms with E-state index in [0.717, 1.165) is 10.4 Å². The molecule has 1 radical (unpaired) electrons. The molecule has 1 aromatic heterocycles. The summed E-state index contributed by atoms with van der Waals surface area (Å²) in [6, 6.07) is 9.24. The molecule has 0 fully saturated rings. The highest BCUT2D eigenvalue weighted by atomic mass is 32.1. The molecule has 0 aliphatic heterocycles. The summed E-state index contributed by atoms with van der Waals surface area (Å²) in [5.74, 6) is 0. The average Bonchev–Trinajstić information content (AvgIpc) is 2.81. The number of thiazole rings is 1. The van der Waals surface area contributed by atoms with Gasteiger partial charge in [-0.1, -0.05) is 12.1 Å². The predicted octanol–water partition coefficient (Wildman–Crippen LogP) is 2.35. The zero-order chi connectivity index (χ0) is 10.7. The maximum Gasteiger partial charge on any atom is 0.152 e. The topological polar surface area (TPSA) is 60.5 Å². The SMILES string of the molecule is N#Cc1cccc(-c2cn[c]s2)c1C#N. The zero-order valence-corrected chi connectivity index (χ0v) is 8.38. The molecule has 0 bridgehead atoms. The standard InChI is InChI=1S/C11H4N3S/c12-4-8-2-1-3-9(10(8)5-13)11-6-14-7-15-11/h1-3,6H. The van der Waals surface area contributed by atoms with Crippen molar-refractivity contribution >= 4 is 11.3 Å². The highest BCUT2D eigenvalue weighted by Crippen LogP contribution is 2.27. The summed E-state index contributed by atoms with van der Waals surface area (Å²) in [5, 5.41) is 17.9. The van der Waals surface area contributed by atoms with E-state index in [1.54, 1.807) is 24.4 Å². The van der Waals surface area contributed by atoms with Crippen LogP contribution in [0.3, 0.4) is 0 Å². The Balaban J connectivity index is 2.70. The van der Waals surface area contributed by atoms with Crippen LogP contribution in [0.5, 0.6) is 0 Å². The molecule has 0 saturated heterocycles. The Morgan fingerprint density at radius 1 is 1.27 bits per heavy atom. The van der Waals surface area contributed by atoms with Gasteiger partial charge in [-0.15, -0.1) is 11.3 Å². The van der Waals surface area contributed by atoms with Gasteiger partial charge in [0.1, 0.15) is 12.1 Å². The smallest absolute Gasteiger partial charge is 0.152 e. The summed E-state index contributed by atoms with van der Waals surface area (Å²) in [5.41, 5.74) is 4.25. The summed E-state index contributed by atoms with van der Waals surface area (Å²) in [6.07, 6.45) is 1.64. The predicted molar refractivity (Wildman–Crippen MR) is 55.8 cm³/mol. The van der Waals surface area contributed by atoms with Gasteiger partial charge in [0.05, 0.1) is 16.0 Å². The monoisotopic (exact) mass is 210 g/mol. The molecule has 0 N–H and O–H groups in total. The van der Waals surface area contributed by atoms with Gasteiger partial charge in [0.15, 0.2) is 5.51 Å². The number of rotatable bonds is 1. The fraction of sp³-hybridized carbons (Fsp3) is 0. The van der Waals surface area contributed by atoms with E-state index in [0.29, 0.717) is 11.1 Å². The first kappa shape index (κ1) is 9.39. The van der Waals surface area contributed by atoms with Crippen LogP contribution in [0, 0.1) is 28.2 Å². The van der Waals surface area contributed by atoms with Gasteiger partial charge in [0, 0.05) is 11.8 Å². The molecule has 2 aromatic rings. The molecule has 0 spiro atoms. The fourth-order valence-electron chi connectivity index (χ4n) is 1.28. The first-order valence-corrected chi connectivity index (χ1v) is 4.94. The lowest BCUT2D eigenvalue weighted by Gasteiger charge is -2.00. The molecule has 0 aliphatic carbocycles. The maximum absolute atomic E-state index is 9.00. The minimum Gasteiger partial charge on any atom is -0.241 e. The third kappa shape index (κ3) is 1.59. The first-order valence-electron chi connectivity index (χ1n) is 4.12. The van der Waals surface area contributed by atoms with Crippen molar-refractivity contribution in [1.82, 2.24) is 4.98 Å². The minimum absolute atomic E-state index is 0.392. The molecule has 4 heteroatoms. The van der Waals surface area contributed by atoms with Gasteiger partial charge in [0.25, 0.3) is 0 Å². The molecule has 15 heavy (non-hydrogen) atoms. The molecule has 3 nitrogen and oxygen atoms in total. The molecular formula is C11H4N3S. The molecule has 0 amide bonds. The second kappa shape index (κ2) is 3.91. The zero-order valence-electron chi connectivity index (χ0n) is 7.56. The van der Waals surface area contributed by atoms with Crippen LogP contribution in [0.1, 0.15) is 11.1 Å². The Labute approximate surface area is 90.9 Å². The van der Waals surface area contributed by atoms with E-state index in [4.69, 9.17) is 10.5 Å². The van der Waals surface area contributed by atoms with Gasteiger partial charge in [0.2, 0.25) is 0 Å². The molecule has 0 unspecified atom stereocenters. The number of hydrogen-bond donors (Lipinski definition) is 0. The van der Waals surface area contributed by atoms with E-state index in [2.05, 4.69) is 10.5 Å². The van der Waals surface area contributed by atoms with Crippen molar-refractivity contribution in [3.63, 3.8) is 0 Å². The van der Waals surface area contributed by atoms with E-state index in [-0.39, 0.29) is 0 Å². The summed E-state index contributed by atoms with van der Waals surface area (Å²) in [4.78, 5) is 4.68. The molecular weight excluding hydrogens is 206 g/mol. The van der Waals surface area contributed by atoms with Crippen molar-refractivity contribution in [2.24, 2.45) is 0 Å². The summed E-state index contributed by atoms with van der Waals surface area (Å²) < 4.78 is 0. The molecule has 1 aromatic carbocycles. The Morgan fingerprint density at radius 3 is 2.73 bits per heavy atom. The van der Waals surface area contributed by atoms with Crippen LogP contribution >= 0.6 is 11.3 Å². The summed E-state index contributed by atoms with van der Waals surface area (Å²) in [7, 11) is 0. The van der Waals surface area contributed by atoms with Crippen molar-refractivity contribution < 1.29 is 0 Å². The second-order valence-corrected chi connectivity index (χ2v) is 3.59. The Hall–Kier alpha value is -2.17. The molecule has 0 saturated carbocycles. The van der Waals surface area contributed by atoms with Crippen LogP contribution in [0.15, 0.2) is 24.4 Å². The van der Waals surface area contributed by atoms with E-state index in [1.807, 2.05) is 12.1 Å². The van der Waals surface area contributed by atoms with Gasteiger partial charge < -0.3 is 0 Å². The maximum atomic E-state index is 9.00. The molecule has 69 valence electrons. The number of benzene rings is 1. The van der Waals surface area contributed by atoms with E-state index in [9.17, 15) is 0 Å². The second-order valence-electron chi connectivity index (χ2n) is 2.77. The van der Waals surface area contributed by atoms with Crippen LogP contribution < -0.4 is 0 Å². The molecule has 0 aliphatic rings. The number of aromatic nitrogens is 1. The summed E-state index contributed by atoms with van der Waals surface area (Å²) in [6.45, 7) is 0. The number of hydrogen-bond acceptors (Lipinski definition) is 4. The first-order chi connectivity index (χ1) is 7.36. The minimum atomic E-state index is 0.392. The van der Waals surface area contributed by atoms with E-state index >= 15 is 0 Å². The van der Waals surface area contributed by atoms with Gasteiger partial charge in [-0.2, -0.15) is 10.5 Å². The van der Waals surface area contributed by atoms with Crippen LogP contribution in [0.2, 0.25) is 0 Å². The summed E-state index contributed by atoms with van der Waals surface area (Å²) >= 11 is 1.33. The van der Waals surface area contributed by atoms with Crippen LogP contribution in [0.25, 0.3) is 10.4 Å². The highest BCUT2D eigenvalue weighted by molar-refractivity contribution is 7.12. The Kier molecular flexibility index (Phi) is 2.45. The van der Waals surface area contributed by atoms with Gasteiger partial charge in [-0.05, 0) is 6.07 Å². The van der Waals surface area contributed by atoms with Crippen molar-refractivity contribution in [3.05, 3.63) is 41.0 Å². The largest absolute Gasteiger partial charge is 0.241 e. The van der Waals surface area contributed by atoms with Crippen molar-refractivity contribution in [2.45, 2.75) is 0 Å². The molecule has 1 heterocycles. The average molecular weight is 210 g/mol. The van der Waals surface area contributed by atoms with Crippen LogP contribution in [-0.2, 0) is 0 Å². The fourth-order valence-corrected chi connectivity index (χ4v) is 1.87. The van der Waals surface area contributed by atoms with Gasteiger partial charge in [-0.3, -0.25) is 0 Å². The van der Waals surface area contributed by atoms with Crippen molar-refractivity contribution in [3.8, 4) is 22.6 Å². The lowest BCUT2D eigenvalue weighted by molar-refractivity contribution is 1.40. The van der Waals surface area contributed by atoms with Gasteiger partial charge in [-0.25, -0.2) is 4.98 Å². The lowest BCUT2D eigenvalue weighted by Crippen LogP contribution is -1.87. The highest BCUT2D eigenvalue weighted by Gasteiger charge is 2.10. The Morgan fingerprint density at radius 2 is 2.13 bits per heavy atom. The molecule has 2 rings (SSSR count). The Bertz CT molecular complexity index is 559. The van der Waals surface area contributed by atoms with Crippen molar-refractivity contribution in [1.29, 1.82) is 10.5 Å². The number of nitriles is 2. The van der Waals surface area contributed by atoms with E-state index < -0.39 is 0 Å². The third-order valence-corrected chi connectivity index (χ3v) is 2.69. The lowest BCUT2D eigenvalue weighted by atomic mass is 10.0. The quantitative estimate of drug-likeness (QED) is 0.725.